The number of aromatic amines is 1. The number of esters is 1. The van der Waals surface area contributed by atoms with Gasteiger partial charge in [-0.2, -0.15) is 0 Å². The van der Waals surface area contributed by atoms with Gasteiger partial charge in [0.25, 0.3) is 0 Å². The number of benzene rings is 1. The molecule has 6 nitrogen and oxygen atoms in total. The SMILES string of the molecule is COC(=O)C=Cc1ccc2[nH]cc(C(=O)O)c(=O)c2c1. The third kappa shape index (κ3) is 2.59. The molecule has 0 aliphatic heterocycles. The van der Waals surface area contributed by atoms with Crippen molar-refractivity contribution in [3.8, 4) is 0 Å². The molecule has 0 aliphatic carbocycles. The number of ether oxygens (including phenoxy) is 1. The Balaban J connectivity index is 2.55. The Morgan fingerprint density at radius 2 is 2.10 bits per heavy atom. The molecule has 2 rings (SSSR count). The van der Waals surface area contributed by atoms with Gasteiger partial charge in [0.15, 0.2) is 0 Å². The number of carboxylic acid groups (broad SMARTS) is 1. The zero-order chi connectivity index (χ0) is 14.7. The van der Waals surface area contributed by atoms with Crippen molar-refractivity contribution in [3.05, 3.63) is 51.8 Å². The molecule has 1 aromatic carbocycles. The van der Waals surface area contributed by atoms with Crippen LogP contribution in [-0.4, -0.2) is 29.1 Å². The van der Waals surface area contributed by atoms with E-state index in [4.69, 9.17) is 5.11 Å². The number of fused-ring (bicyclic) bond motifs is 1. The highest BCUT2D eigenvalue weighted by Gasteiger charge is 2.11. The summed E-state index contributed by atoms with van der Waals surface area (Å²) in [6.07, 6.45) is 3.87. The number of hydrogen-bond donors (Lipinski definition) is 2. The molecule has 2 N–H and O–H groups in total. The average molecular weight is 273 g/mol. The van der Waals surface area contributed by atoms with Crippen molar-refractivity contribution >= 4 is 28.9 Å². The number of hydrogen-bond acceptors (Lipinski definition) is 4. The summed E-state index contributed by atoms with van der Waals surface area (Å²) >= 11 is 0. The summed E-state index contributed by atoms with van der Waals surface area (Å²) in [4.78, 5) is 36.7. The van der Waals surface area contributed by atoms with Crippen molar-refractivity contribution < 1.29 is 19.4 Å². The van der Waals surface area contributed by atoms with Gasteiger partial charge < -0.3 is 14.8 Å². The summed E-state index contributed by atoms with van der Waals surface area (Å²) in [5, 5.41) is 9.15. The standard InChI is InChI=1S/C14H11NO5/c1-20-12(16)5-3-8-2-4-11-9(6-8)13(17)10(7-15-11)14(18)19/h2-7H,1H3,(H,15,17)(H,18,19). The Hall–Kier alpha value is -2.89. The number of carbonyl (C=O) groups is 2. The van der Waals surface area contributed by atoms with E-state index in [-0.39, 0.29) is 10.9 Å². The lowest BCUT2D eigenvalue weighted by Gasteiger charge is -2.01. The van der Waals surface area contributed by atoms with Gasteiger partial charge in [-0.25, -0.2) is 9.59 Å². The molecule has 1 aromatic heterocycles. The number of carboxylic acids is 1. The third-order valence-corrected chi connectivity index (χ3v) is 2.75. The maximum Gasteiger partial charge on any atom is 0.341 e. The van der Waals surface area contributed by atoms with Crippen LogP contribution in [-0.2, 0) is 9.53 Å². The Kier molecular flexibility index (Phi) is 3.65. The summed E-state index contributed by atoms with van der Waals surface area (Å²) in [6, 6.07) is 4.84. The fourth-order valence-electron chi connectivity index (χ4n) is 1.73. The van der Waals surface area contributed by atoms with Crippen LogP contribution in [0.1, 0.15) is 15.9 Å². The first-order valence-electron chi connectivity index (χ1n) is 5.67. The summed E-state index contributed by atoms with van der Waals surface area (Å²) in [5.41, 5.74) is 0.220. The van der Waals surface area contributed by atoms with Crippen molar-refractivity contribution in [1.29, 1.82) is 0 Å². The van der Waals surface area contributed by atoms with E-state index in [9.17, 15) is 14.4 Å². The van der Waals surface area contributed by atoms with Crippen LogP contribution in [0.5, 0.6) is 0 Å². The Morgan fingerprint density at radius 1 is 1.35 bits per heavy atom. The number of aromatic carboxylic acids is 1. The van der Waals surface area contributed by atoms with Crippen molar-refractivity contribution in [1.82, 2.24) is 4.98 Å². The maximum atomic E-state index is 12.0. The number of methoxy groups -OCH3 is 1. The predicted octanol–water partition coefficient (Wildman–Crippen LogP) is 1.41. The summed E-state index contributed by atoms with van der Waals surface area (Å²) in [5.74, 6) is -1.80. The molecule has 0 bridgehead atoms. The van der Waals surface area contributed by atoms with Gasteiger partial charge in [0, 0.05) is 23.2 Å². The van der Waals surface area contributed by atoms with E-state index >= 15 is 0 Å². The van der Waals surface area contributed by atoms with E-state index in [1.165, 1.54) is 25.3 Å². The van der Waals surface area contributed by atoms with Gasteiger partial charge >= 0.3 is 11.9 Å². The van der Waals surface area contributed by atoms with Gasteiger partial charge in [0.05, 0.1) is 7.11 Å². The second kappa shape index (κ2) is 5.40. The number of aromatic nitrogens is 1. The van der Waals surface area contributed by atoms with Crippen LogP contribution in [0.2, 0.25) is 0 Å². The van der Waals surface area contributed by atoms with Gasteiger partial charge in [-0.1, -0.05) is 6.07 Å². The average Bonchev–Trinajstić information content (AvgIpc) is 2.45. The fourth-order valence-corrected chi connectivity index (χ4v) is 1.73. The lowest BCUT2D eigenvalue weighted by molar-refractivity contribution is -0.134. The monoisotopic (exact) mass is 273 g/mol. The highest BCUT2D eigenvalue weighted by molar-refractivity contribution is 5.93. The molecule has 1 heterocycles. The van der Waals surface area contributed by atoms with Gasteiger partial charge in [-0.3, -0.25) is 4.79 Å². The maximum absolute atomic E-state index is 12.0. The van der Waals surface area contributed by atoms with Crippen molar-refractivity contribution in [2.24, 2.45) is 0 Å². The first-order valence-corrected chi connectivity index (χ1v) is 5.67. The summed E-state index contributed by atoms with van der Waals surface area (Å²) in [6.45, 7) is 0. The van der Waals surface area contributed by atoms with Crippen molar-refractivity contribution in [2.75, 3.05) is 7.11 Å². The van der Waals surface area contributed by atoms with E-state index in [1.54, 1.807) is 12.1 Å². The van der Waals surface area contributed by atoms with Crippen LogP contribution in [0.25, 0.3) is 17.0 Å². The van der Waals surface area contributed by atoms with Crippen LogP contribution < -0.4 is 5.43 Å². The van der Waals surface area contributed by atoms with E-state index in [0.717, 1.165) is 6.20 Å². The molecule has 102 valence electrons. The van der Waals surface area contributed by atoms with Crippen molar-refractivity contribution in [3.63, 3.8) is 0 Å². The minimum Gasteiger partial charge on any atom is -0.477 e. The van der Waals surface area contributed by atoms with Crippen molar-refractivity contribution in [2.45, 2.75) is 0 Å². The minimum atomic E-state index is -1.29. The molecule has 0 amide bonds. The molecule has 0 spiro atoms. The number of nitrogens with one attached hydrogen (secondary N) is 1. The first kappa shape index (κ1) is 13.5. The van der Waals surface area contributed by atoms with Crippen LogP contribution in [0, 0.1) is 0 Å². The van der Waals surface area contributed by atoms with Gasteiger partial charge in [0.1, 0.15) is 5.56 Å². The zero-order valence-electron chi connectivity index (χ0n) is 10.5. The molecule has 2 aromatic rings. The molecule has 0 fully saturated rings. The van der Waals surface area contributed by atoms with E-state index in [2.05, 4.69) is 9.72 Å². The zero-order valence-corrected chi connectivity index (χ0v) is 10.5. The predicted molar refractivity (Wildman–Crippen MR) is 72.6 cm³/mol. The summed E-state index contributed by atoms with van der Waals surface area (Å²) in [7, 11) is 1.26. The number of H-pyrrole nitrogens is 1. The molecule has 6 heteroatoms. The number of carbonyl (C=O) groups excluding carboxylic acids is 1. The van der Waals surface area contributed by atoms with E-state index < -0.39 is 17.4 Å². The third-order valence-electron chi connectivity index (χ3n) is 2.75. The molecule has 0 unspecified atom stereocenters. The molecule has 0 radical (unpaired) electrons. The highest BCUT2D eigenvalue weighted by Crippen LogP contribution is 2.12. The van der Waals surface area contributed by atoms with Crippen LogP contribution >= 0.6 is 0 Å². The second-order valence-corrected chi connectivity index (χ2v) is 4.00. The van der Waals surface area contributed by atoms with E-state index in [0.29, 0.717) is 11.1 Å². The lowest BCUT2D eigenvalue weighted by Crippen LogP contribution is -2.15. The normalized spacial score (nSPS) is 10.8. The highest BCUT2D eigenvalue weighted by atomic mass is 16.5. The Morgan fingerprint density at radius 3 is 2.75 bits per heavy atom. The van der Waals surface area contributed by atoms with Crippen LogP contribution in [0.3, 0.4) is 0 Å². The fraction of sp³-hybridized carbons (Fsp3) is 0.0714. The molecule has 0 saturated carbocycles. The molecule has 0 atom stereocenters. The molecular weight excluding hydrogens is 262 g/mol. The van der Waals surface area contributed by atoms with Crippen LogP contribution in [0.4, 0.5) is 0 Å². The molecular formula is C14H11NO5. The smallest absolute Gasteiger partial charge is 0.341 e. The lowest BCUT2D eigenvalue weighted by atomic mass is 10.1. The summed E-state index contributed by atoms with van der Waals surface area (Å²) < 4.78 is 4.46. The number of rotatable bonds is 3. The molecule has 0 aliphatic rings. The first-order chi connectivity index (χ1) is 9.52. The number of pyridine rings is 1. The Bertz CT molecular complexity index is 773. The van der Waals surface area contributed by atoms with Gasteiger partial charge in [-0.05, 0) is 23.8 Å². The largest absolute Gasteiger partial charge is 0.477 e. The quantitative estimate of drug-likeness (QED) is 0.651. The van der Waals surface area contributed by atoms with Crippen LogP contribution in [0.15, 0.2) is 35.3 Å². The second-order valence-electron chi connectivity index (χ2n) is 4.00. The molecule has 20 heavy (non-hydrogen) atoms. The van der Waals surface area contributed by atoms with E-state index in [1.807, 2.05) is 0 Å². The van der Waals surface area contributed by atoms with Gasteiger partial charge in [-0.15, -0.1) is 0 Å². The van der Waals surface area contributed by atoms with Gasteiger partial charge in [0.2, 0.25) is 5.43 Å². The Labute approximate surface area is 113 Å². The molecule has 0 saturated heterocycles. The minimum absolute atomic E-state index is 0.247. The topological polar surface area (TPSA) is 96.5 Å².